The van der Waals surface area contributed by atoms with Crippen LogP contribution >= 0.6 is 0 Å². The Morgan fingerprint density at radius 1 is 0.875 bits per heavy atom. The number of nitrogens with one attached hydrogen (secondary N) is 2. The topological polar surface area (TPSA) is 53.3 Å². The van der Waals surface area contributed by atoms with Crippen LogP contribution < -0.4 is 16.4 Å². The highest BCUT2D eigenvalue weighted by molar-refractivity contribution is 4.64. The maximum Gasteiger partial charge on any atom is 0.0108 e. The van der Waals surface area contributed by atoms with Crippen molar-refractivity contribution in [1.29, 1.82) is 0 Å². The molecule has 0 saturated carbocycles. The van der Waals surface area contributed by atoms with E-state index in [9.17, 15) is 0 Å². The number of rotatable bonds is 10. The lowest BCUT2D eigenvalue weighted by Gasteiger charge is -2.23. The molecule has 0 aromatic carbocycles. The minimum atomic E-state index is 0.563. The zero-order valence-corrected chi connectivity index (χ0v) is 11.4. The molecule has 16 heavy (non-hydrogen) atoms. The second kappa shape index (κ2) is 10.0. The van der Waals surface area contributed by atoms with Crippen molar-refractivity contribution in [3.8, 4) is 0 Å². The summed E-state index contributed by atoms with van der Waals surface area (Å²) >= 11 is 0. The van der Waals surface area contributed by atoms with E-state index in [0.717, 1.165) is 39.3 Å². The van der Waals surface area contributed by atoms with E-state index in [1.54, 1.807) is 0 Å². The molecule has 4 heteroatoms. The van der Waals surface area contributed by atoms with Crippen molar-refractivity contribution in [2.75, 3.05) is 39.3 Å². The SMILES string of the molecule is CC(C)NCCN(CCN)CCNC(C)C. The van der Waals surface area contributed by atoms with Crippen LogP contribution in [0.15, 0.2) is 0 Å². The average molecular weight is 230 g/mol. The number of hydrogen-bond donors (Lipinski definition) is 3. The summed E-state index contributed by atoms with van der Waals surface area (Å²) in [4.78, 5) is 2.41. The van der Waals surface area contributed by atoms with E-state index >= 15 is 0 Å². The molecule has 0 aliphatic heterocycles. The Balaban J connectivity index is 3.61. The molecule has 0 amide bonds. The van der Waals surface area contributed by atoms with E-state index in [1.807, 2.05) is 0 Å². The van der Waals surface area contributed by atoms with Crippen LogP contribution in [-0.2, 0) is 0 Å². The fourth-order valence-corrected chi connectivity index (χ4v) is 1.54. The van der Waals surface area contributed by atoms with Gasteiger partial charge in [-0.2, -0.15) is 0 Å². The molecule has 0 spiro atoms. The Morgan fingerprint density at radius 2 is 1.31 bits per heavy atom. The molecular formula is C12H30N4. The van der Waals surface area contributed by atoms with Crippen molar-refractivity contribution < 1.29 is 0 Å². The lowest BCUT2D eigenvalue weighted by Crippen LogP contribution is -2.41. The van der Waals surface area contributed by atoms with Crippen molar-refractivity contribution >= 4 is 0 Å². The maximum atomic E-state index is 5.61. The van der Waals surface area contributed by atoms with Crippen LogP contribution in [0.1, 0.15) is 27.7 Å². The Kier molecular flexibility index (Phi) is 9.92. The van der Waals surface area contributed by atoms with E-state index in [-0.39, 0.29) is 0 Å². The van der Waals surface area contributed by atoms with Gasteiger partial charge in [0.2, 0.25) is 0 Å². The Bertz CT molecular complexity index is 134. The van der Waals surface area contributed by atoms with Gasteiger partial charge in [0.05, 0.1) is 0 Å². The van der Waals surface area contributed by atoms with Crippen LogP contribution in [0.5, 0.6) is 0 Å². The highest BCUT2D eigenvalue weighted by Crippen LogP contribution is 1.87. The molecular weight excluding hydrogens is 200 g/mol. The molecule has 0 aromatic rings. The third-order valence-electron chi connectivity index (χ3n) is 2.41. The summed E-state index contributed by atoms with van der Waals surface area (Å²) in [6.45, 7) is 14.7. The van der Waals surface area contributed by atoms with Crippen molar-refractivity contribution in [3.05, 3.63) is 0 Å². The molecule has 0 unspecified atom stereocenters. The monoisotopic (exact) mass is 230 g/mol. The predicted molar refractivity (Wildman–Crippen MR) is 71.8 cm³/mol. The van der Waals surface area contributed by atoms with E-state index < -0.39 is 0 Å². The van der Waals surface area contributed by atoms with E-state index in [0.29, 0.717) is 12.1 Å². The molecule has 98 valence electrons. The first-order chi connectivity index (χ1) is 7.56. The first-order valence-corrected chi connectivity index (χ1v) is 6.45. The lowest BCUT2D eigenvalue weighted by molar-refractivity contribution is 0.274. The van der Waals surface area contributed by atoms with Crippen LogP contribution in [0, 0.1) is 0 Å². The van der Waals surface area contributed by atoms with Crippen molar-refractivity contribution in [2.45, 2.75) is 39.8 Å². The van der Waals surface area contributed by atoms with Gasteiger partial charge in [0.15, 0.2) is 0 Å². The molecule has 0 aromatic heterocycles. The molecule has 0 bridgehead atoms. The van der Waals surface area contributed by atoms with Gasteiger partial charge >= 0.3 is 0 Å². The molecule has 0 aliphatic carbocycles. The Labute approximate surface area is 101 Å². The van der Waals surface area contributed by atoms with Gasteiger partial charge in [-0.1, -0.05) is 27.7 Å². The minimum Gasteiger partial charge on any atom is -0.329 e. The minimum absolute atomic E-state index is 0.563. The van der Waals surface area contributed by atoms with Gasteiger partial charge in [-0.15, -0.1) is 0 Å². The predicted octanol–water partition coefficient (Wildman–Crippen LogP) is 0.243. The van der Waals surface area contributed by atoms with Gasteiger partial charge in [-0.25, -0.2) is 0 Å². The summed E-state index contributed by atoms with van der Waals surface area (Å²) in [7, 11) is 0. The normalized spacial score (nSPS) is 12.0. The lowest BCUT2D eigenvalue weighted by atomic mass is 10.3. The second-order valence-electron chi connectivity index (χ2n) is 4.85. The van der Waals surface area contributed by atoms with Crippen LogP contribution in [0.3, 0.4) is 0 Å². The van der Waals surface area contributed by atoms with Crippen molar-refractivity contribution in [3.63, 3.8) is 0 Å². The molecule has 0 saturated heterocycles. The molecule has 0 aliphatic rings. The molecule has 4 N–H and O–H groups in total. The van der Waals surface area contributed by atoms with Crippen LogP contribution in [0.2, 0.25) is 0 Å². The number of hydrogen-bond acceptors (Lipinski definition) is 4. The molecule has 0 radical (unpaired) electrons. The van der Waals surface area contributed by atoms with E-state index in [2.05, 4.69) is 43.2 Å². The van der Waals surface area contributed by atoms with Gasteiger partial charge in [-0.05, 0) is 0 Å². The van der Waals surface area contributed by atoms with Crippen LogP contribution in [-0.4, -0.2) is 56.3 Å². The third kappa shape index (κ3) is 10.4. The fourth-order valence-electron chi connectivity index (χ4n) is 1.54. The van der Waals surface area contributed by atoms with Gasteiger partial charge in [0.25, 0.3) is 0 Å². The molecule has 0 atom stereocenters. The average Bonchev–Trinajstić information content (AvgIpc) is 2.16. The van der Waals surface area contributed by atoms with Crippen LogP contribution in [0.25, 0.3) is 0 Å². The third-order valence-corrected chi connectivity index (χ3v) is 2.41. The zero-order valence-electron chi connectivity index (χ0n) is 11.4. The highest BCUT2D eigenvalue weighted by atomic mass is 15.2. The highest BCUT2D eigenvalue weighted by Gasteiger charge is 2.04. The smallest absolute Gasteiger partial charge is 0.0108 e. The van der Waals surface area contributed by atoms with Gasteiger partial charge < -0.3 is 16.4 Å². The number of nitrogens with two attached hydrogens (primary N) is 1. The molecule has 0 heterocycles. The Morgan fingerprint density at radius 3 is 1.62 bits per heavy atom. The van der Waals surface area contributed by atoms with Gasteiger partial charge in [0.1, 0.15) is 0 Å². The largest absolute Gasteiger partial charge is 0.329 e. The zero-order chi connectivity index (χ0) is 12.4. The standard InChI is InChI=1S/C12H30N4/c1-11(2)14-6-9-16(8-5-13)10-7-15-12(3)4/h11-12,14-15H,5-10,13H2,1-4H3. The van der Waals surface area contributed by atoms with Gasteiger partial charge in [0, 0.05) is 51.4 Å². The summed E-state index contributed by atoms with van der Waals surface area (Å²) in [5.74, 6) is 0. The quantitative estimate of drug-likeness (QED) is 0.503. The summed E-state index contributed by atoms with van der Waals surface area (Å²) in [6.07, 6.45) is 0. The van der Waals surface area contributed by atoms with Crippen molar-refractivity contribution in [1.82, 2.24) is 15.5 Å². The summed E-state index contributed by atoms with van der Waals surface area (Å²) in [6, 6.07) is 1.13. The van der Waals surface area contributed by atoms with Gasteiger partial charge in [-0.3, -0.25) is 4.90 Å². The van der Waals surface area contributed by atoms with Crippen molar-refractivity contribution in [2.24, 2.45) is 5.73 Å². The maximum absolute atomic E-state index is 5.61. The first kappa shape index (κ1) is 15.8. The summed E-state index contributed by atoms with van der Waals surface area (Å²) in [5.41, 5.74) is 5.61. The molecule has 0 fully saturated rings. The summed E-state index contributed by atoms with van der Waals surface area (Å²) < 4.78 is 0. The first-order valence-electron chi connectivity index (χ1n) is 6.45. The Hall–Kier alpha value is -0.160. The van der Waals surface area contributed by atoms with Crippen LogP contribution in [0.4, 0.5) is 0 Å². The van der Waals surface area contributed by atoms with E-state index in [4.69, 9.17) is 5.73 Å². The number of nitrogens with zero attached hydrogens (tertiary/aromatic N) is 1. The summed E-state index contributed by atoms with van der Waals surface area (Å²) in [5, 5.41) is 6.86. The molecule has 0 rings (SSSR count). The molecule has 4 nitrogen and oxygen atoms in total. The van der Waals surface area contributed by atoms with E-state index in [1.165, 1.54) is 0 Å². The second-order valence-corrected chi connectivity index (χ2v) is 4.85. The fraction of sp³-hybridized carbons (Fsp3) is 1.00.